The molecule has 15 atom stereocenters. The van der Waals surface area contributed by atoms with Crippen LogP contribution in [0.4, 0.5) is 0 Å². The van der Waals surface area contributed by atoms with Crippen LogP contribution in [0.15, 0.2) is 76.0 Å². The Morgan fingerprint density at radius 2 is 1.15 bits per heavy atom. The predicted octanol–water partition coefficient (Wildman–Crippen LogP) is -2.98. The van der Waals surface area contributed by atoms with Crippen LogP contribution in [0, 0.1) is 0 Å². The Bertz CT molecular complexity index is 2350. The highest BCUT2D eigenvalue weighted by molar-refractivity contribution is 5.88. The van der Waals surface area contributed by atoms with Crippen LogP contribution in [0.5, 0.6) is 28.7 Å². The number of benzene rings is 3. The fourth-order valence-electron chi connectivity index (χ4n) is 7.32. The molecule has 4 aromatic rings. The Labute approximate surface area is 365 Å². The molecule has 0 radical (unpaired) electrons. The standard InChI is InChI=1S/C42H46O23/c43-13-23-28(50)32(54)35(57)40(60-23)58-20-11-21(48)27-22(12-20)59-36(17-4-8-19(47)9-5-17)37(31(27)53)64-42-39(34(56)30(52)25(15-45)62-42)65-41-38(33(55)29(51)24(14-44)61-41)63-26(49)10-3-16-1-6-18(46)7-2-16/h1-12,23-25,28-30,32-35,38-48,50-52,54-57H,13-15H2/b10-3+. The first-order chi connectivity index (χ1) is 31.0. The summed E-state index contributed by atoms with van der Waals surface area (Å²) in [6, 6.07) is 12.6. The van der Waals surface area contributed by atoms with Crippen molar-refractivity contribution in [3.8, 4) is 40.1 Å². The number of aliphatic hydroxyl groups excluding tert-OH is 10. The maximum atomic E-state index is 14.5. The third kappa shape index (κ3) is 9.89. The Morgan fingerprint density at radius 3 is 1.75 bits per heavy atom. The van der Waals surface area contributed by atoms with E-state index < -0.39 is 152 Å². The molecule has 352 valence electrons. The molecule has 23 heteroatoms. The van der Waals surface area contributed by atoms with E-state index in [1.54, 1.807) is 0 Å². The molecule has 0 aliphatic carbocycles. The summed E-state index contributed by atoms with van der Waals surface area (Å²) >= 11 is 0. The van der Waals surface area contributed by atoms with Gasteiger partial charge in [-0.1, -0.05) is 12.1 Å². The maximum Gasteiger partial charge on any atom is 0.331 e. The number of carbonyl (C=O) groups excluding carboxylic acids is 1. The fraction of sp³-hybridized carbons (Fsp3) is 0.429. The fourth-order valence-corrected chi connectivity index (χ4v) is 7.32. The smallest absolute Gasteiger partial charge is 0.331 e. The molecule has 13 N–H and O–H groups in total. The van der Waals surface area contributed by atoms with Gasteiger partial charge < -0.3 is 104 Å². The van der Waals surface area contributed by atoms with Crippen LogP contribution in [0.1, 0.15) is 5.56 Å². The van der Waals surface area contributed by atoms with E-state index in [1.165, 1.54) is 54.6 Å². The van der Waals surface area contributed by atoms with Gasteiger partial charge in [-0.15, -0.1) is 0 Å². The van der Waals surface area contributed by atoms with Gasteiger partial charge in [0.2, 0.25) is 23.8 Å². The van der Waals surface area contributed by atoms with Gasteiger partial charge in [-0.2, -0.15) is 0 Å². The lowest BCUT2D eigenvalue weighted by atomic mass is 9.97. The largest absolute Gasteiger partial charge is 0.508 e. The van der Waals surface area contributed by atoms with Crippen molar-refractivity contribution >= 4 is 23.0 Å². The summed E-state index contributed by atoms with van der Waals surface area (Å²) in [5.41, 5.74) is -1.04. The van der Waals surface area contributed by atoms with Gasteiger partial charge in [-0.25, -0.2) is 4.79 Å². The van der Waals surface area contributed by atoms with Crippen LogP contribution >= 0.6 is 0 Å². The number of phenols is 3. The third-order valence-electron chi connectivity index (χ3n) is 10.9. The number of fused-ring (bicyclic) bond motifs is 1. The molecular formula is C42H46O23. The minimum atomic E-state index is -2.10. The summed E-state index contributed by atoms with van der Waals surface area (Å²) in [7, 11) is 0. The van der Waals surface area contributed by atoms with Crippen molar-refractivity contribution in [1.82, 2.24) is 0 Å². The summed E-state index contributed by atoms with van der Waals surface area (Å²) in [5.74, 6) is -3.71. The number of aromatic hydroxyl groups is 3. The first-order valence-electron chi connectivity index (χ1n) is 19.9. The van der Waals surface area contributed by atoms with Gasteiger partial charge in [0.05, 0.1) is 19.8 Å². The molecule has 3 aromatic carbocycles. The van der Waals surface area contributed by atoms with Crippen molar-refractivity contribution < 1.29 is 109 Å². The molecular weight excluding hydrogens is 872 g/mol. The van der Waals surface area contributed by atoms with Gasteiger partial charge in [-0.3, -0.25) is 4.79 Å². The van der Waals surface area contributed by atoms with Crippen LogP contribution in [0.3, 0.4) is 0 Å². The van der Waals surface area contributed by atoms with Crippen LogP contribution in [-0.2, 0) is 28.5 Å². The van der Waals surface area contributed by atoms with Gasteiger partial charge in [-0.05, 0) is 48.0 Å². The summed E-state index contributed by atoms with van der Waals surface area (Å²) < 4.78 is 46.0. The molecule has 7 rings (SSSR count). The number of ether oxygens (including phenoxy) is 7. The van der Waals surface area contributed by atoms with Gasteiger partial charge >= 0.3 is 5.97 Å². The normalized spacial score (nSPS) is 32.9. The number of hydrogen-bond donors (Lipinski definition) is 13. The zero-order chi connectivity index (χ0) is 46.9. The average molecular weight is 919 g/mol. The monoisotopic (exact) mass is 918 g/mol. The van der Waals surface area contributed by atoms with Crippen LogP contribution in [0.2, 0.25) is 0 Å². The van der Waals surface area contributed by atoms with Crippen LogP contribution in [-0.4, -0.2) is 184 Å². The van der Waals surface area contributed by atoms with Gasteiger partial charge in [0.15, 0.2) is 24.3 Å². The molecule has 3 aliphatic heterocycles. The Morgan fingerprint density at radius 1 is 0.615 bits per heavy atom. The highest BCUT2D eigenvalue weighted by Crippen LogP contribution is 2.39. The molecule has 3 aliphatic rings. The molecule has 1 aromatic heterocycles. The van der Waals surface area contributed by atoms with Crippen LogP contribution < -0.4 is 14.9 Å². The van der Waals surface area contributed by atoms with E-state index in [1.807, 2.05) is 0 Å². The van der Waals surface area contributed by atoms with Crippen molar-refractivity contribution in [3.05, 3.63) is 82.5 Å². The quantitative estimate of drug-likeness (QED) is 0.0470. The molecule has 3 fully saturated rings. The second kappa shape index (κ2) is 19.9. The van der Waals surface area contributed by atoms with E-state index in [4.69, 9.17) is 37.6 Å². The highest BCUT2D eigenvalue weighted by atomic mass is 16.8. The van der Waals surface area contributed by atoms with Crippen molar-refractivity contribution in [2.75, 3.05) is 19.8 Å². The molecule has 15 unspecified atom stereocenters. The van der Waals surface area contributed by atoms with E-state index >= 15 is 0 Å². The van der Waals surface area contributed by atoms with E-state index in [9.17, 15) is 76.0 Å². The second-order valence-corrected chi connectivity index (χ2v) is 15.2. The molecule has 23 nitrogen and oxygen atoms in total. The zero-order valence-electron chi connectivity index (χ0n) is 33.6. The van der Waals surface area contributed by atoms with E-state index in [2.05, 4.69) is 0 Å². The van der Waals surface area contributed by atoms with Gasteiger partial charge in [0.25, 0.3) is 0 Å². The SMILES string of the molecule is O=C(/C=C/c1ccc(O)cc1)OC1C(OC2C(Oc3c(-c4ccc(O)cc4)oc4cc(OC5OC(CO)C(O)C(O)C5O)cc(O)c4c3=O)OC(CO)C(O)C2O)OC(CO)C(O)C1O. The number of hydrogen-bond acceptors (Lipinski definition) is 23. The van der Waals surface area contributed by atoms with Crippen molar-refractivity contribution in [3.63, 3.8) is 0 Å². The van der Waals surface area contributed by atoms with E-state index in [0.29, 0.717) is 5.56 Å². The molecule has 0 amide bonds. The Balaban J connectivity index is 1.25. The lowest BCUT2D eigenvalue weighted by Gasteiger charge is -2.46. The predicted molar refractivity (Wildman–Crippen MR) is 214 cm³/mol. The van der Waals surface area contributed by atoms with Gasteiger partial charge in [0, 0.05) is 23.8 Å². The molecule has 4 heterocycles. The first kappa shape index (κ1) is 47.5. The number of carbonyl (C=O) groups is 1. The van der Waals surface area contributed by atoms with Crippen molar-refractivity contribution in [2.45, 2.75) is 92.1 Å². The number of esters is 1. The zero-order valence-corrected chi connectivity index (χ0v) is 33.6. The summed E-state index contributed by atoms with van der Waals surface area (Å²) in [6.45, 7) is -2.63. The summed E-state index contributed by atoms with van der Waals surface area (Å²) in [4.78, 5) is 27.5. The molecule has 3 saturated heterocycles. The summed E-state index contributed by atoms with van der Waals surface area (Å²) in [5, 5.41) is 135. The summed E-state index contributed by atoms with van der Waals surface area (Å²) in [6.07, 6.45) is -25.4. The van der Waals surface area contributed by atoms with E-state index in [-0.39, 0.29) is 22.8 Å². The van der Waals surface area contributed by atoms with Gasteiger partial charge in [0.1, 0.15) is 95.0 Å². The topological polar surface area (TPSA) is 375 Å². The molecule has 0 spiro atoms. The lowest BCUT2D eigenvalue weighted by Crippen LogP contribution is -2.65. The molecule has 65 heavy (non-hydrogen) atoms. The van der Waals surface area contributed by atoms with E-state index in [0.717, 1.165) is 18.2 Å². The highest BCUT2D eigenvalue weighted by Gasteiger charge is 2.53. The minimum Gasteiger partial charge on any atom is -0.508 e. The second-order valence-electron chi connectivity index (χ2n) is 15.2. The third-order valence-corrected chi connectivity index (χ3v) is 10.9. The number of rotatable bonds is 13. The number of aliphatic hydroxyl groups is 10. The Kier molecular flexibility index (Phi) is 14.6. The number of phenolic OH excluding ortho intramolecular Hbond substituents is 3. The lowest BCUT2D eigenvalue weighted by molar-refractivity contribution is -0.358. The molecule has 0 saturated carbocycles. The average Bonchev–Trinajstić information content (AvgIpc) is 3.29. The first-order valence-corrected chi connectivity index (χ1v) is 19.9. The molecule has 0 bridgehead atoms. The maximum absolute atomic E-state index is 14.5. The Hall–Kier alpha value is -5.48. The van der Waals surface area contributed by atoms with Crippen molar-refractivity contribution in [1.29, 1.82) is 0 Å². The minimum absolute atomic E-state index is 0.0370. The van der Waals surface area contributed by atoms with Crippen LogP contribution in [0.25, 0.3) is 28.4 Å². The van der Waals surface area contributed by atoms with Crippen molar-refractivity contribution in [2.24, 2.45) is 0 Å².